The molecule has 0 radical (unpaired) electrons. The minimum absolute atomic E-state index is 0.128. The van der Waals surface area contributed by atoms with Crippen molar-refractivity contribution in [1.29, 1.82) is 5.41 Å². The van der Waals surface area contributed by atoms with Crippen LogP contribution < -0.4 is 11.5 Å². The van der Waals surface area contributed by atoms with Crippen LogP contribution in [0.1, 0.15) is 19.4 Å². The first-order valence-electron chi connectivity index (χ1n) is 3.62. The van der Waals surface area contributed by atoms with Crippen LogP contribution in [0.2, 0.25) is 0 Å². The summed E-state index contributed by atoms with van der Waals surface area (Å²) in [4.78, 5) is 7.28. The molecule has 5 N–H and O–H groups in total. The highest BCUT2D eigenvalue weighted by Gasteiger charge is 1.96. The minimum atomic E-state index is 0.128. The van der Waals surface area contributed by atoms with Crippen molar-refractivity contribution in [2.24, 2.45) is 0 Å². The van der Waals surface area contributed by atoms with Gasteiger partial charge in [0.15, 0.2) is 0 Å². The predicted molar refractivity (Wildman–Crippen MR) is 50.1 cm³/mol. The molecular weight excluding hydrogens is 154 g/mol. The number of nitrogen functional groups attached to an aromatic ring is 2. The molecule has 0 bridgehead atoms. The normalized spacial score (nSPS) is 8.17. The number of nitrogens with one attached hydrogen (secondary N) is 1. The Morgan fingerprint density at radius 2 is 2.00 bits per heavy atom. The first kappa shape index (κ1) is 10.3. The van der Waals surface area contributed by atoms with Crippen LogP contribution >= 0.6 is 0 Å². The zero-order chi connectivity index (χ0) is 9.56. The zero-order valence-corrected chi connectivity index (χ0v) is 7.20. The average Bonchev–Trinajstić information content (AvgIpc) is 2.08. The summed E-state index contributed by atoms with van der Waals surface area (Å²) in [6.45, 7) is 4.00. The number of nitrogens with two attached hydrogens (primary N) is 2. The van der Waals surface area contributed by atoms with E-state index in [2.05, 4.69) is 9.97 Å². The Balaban J connectivity index is 0.000000561. The molecular formula is C7H13N5. The molecule has 0 aliphatic heterocycles. The van der Waals surface area contributed by atoms with Crippen LogP contribution in [-0.4, -0.2) is 16.2 Å². The molecule has 0 amide bonds. The van der Waals surface area contributed by atoms with Gasteiger partial charge in [0.25, 0.3) is 0 Å². The van der Waals surface area contributed by atoms with Crippen molar-refractivity contribution in [2.75, 3.05) is 11.5 Å². The third kappa shape index (κ3) is 2.53. The predicted octanol–water partition coefficient (Wildman–Crippen LogP) is 0.665. The van der Waals surface area contributed by atoms with E-state index >= 15 is 0 Å². The number of nitrogens with zero attached hydrogens (tertiary/aromatic N) is 2. The lowest BCUT2D eigenvalue weighted by molar-refractivity contribution is 1.19. The Morgan fingerprint density at radius 1 is 1.42 bits per heavy atom. The van der Waals surface area contributed by atoms with E-state index in [0.717, 1.165) is 6.21 Å². The Hall–Kier alpha value is -1.65. The van der Waals surface area contributed by atoms with Crippen LogP contribution in [-0.2, 0) is 0 Å². The summed E-state index contributed by atoms with van der Waals surface area (Å²) in [6, 6.07) is 0. The molecule has 0 unspecified atom stereocenters. The van der Waals surface area contributed by atoms with Crippen LogP contribution in [0.4, 0.5) is 11.8 Å². The fraction of sp³-hybridized carbons (Fsp3) is 0.286. The topological polar surface area (TPSA) is 102 Å². The van der Waals surface area contributed by atoms with Crippen LogP contribution in [0.25, 0.3) is 0 Å². The number of hydrogen-bond acceptors (Lipinski definition) is 5. The van der Waals surface area contributed by atoms with Crippen molar-refractivity contribution >= 4 is 18.0 Å². The van der Waals surface area contributed by atoms with Gasteiger partial charge in [-0.15, -0.1) is 0 Å². The Bertz CT molecular complexity index is 258. The van der Waals surface area contributed by atoms with E-state index in [1.165, 1.54) is 6.20 Å². The molecule has 1 heterocycles. The second-order valence-corrected chi connectivity index (χ2v) is 1.71. The van der Waals surface area contributed by atoms with E-state index in [4.69, 9.17) is 16.9 Å². The maximum atomic E-state index is 6.83. The summed E-state index contributed by atoms with van der Waals surface area (Å²) in [6.07, 6.45) is 2.49. The molecule has 1 aromatic rings. The zero-order valence-electron chi connectivity index (χ0n) is 7.20. The Kier molecular flexibility index (Phi) is 4.36. The van der Waals surface area contributed by atoms with Crippen LogP contribution in [0.3, 0.4) is 0 Å². The van der Waals surface area contributed by atoms with Crippen molar-refractivity contribution in [3.05, 3.63) is 11.8 Å². The number of aromatic nitrogens is 2. The molecule has 66 valence electrons. The van der Waals surface area contributed by atoms with Gasteiger partial charge in [0.05, 0.1) is 5.56 Å². The quantitative estimate of drug-likeness (QED) is 0.535. The fourth-order valence-corrected chi connectivity index (χ4v) is 0.530. The van der Waals surface area contributed by atoms with Gasteiger partial charge in [-0.05, 0) is 0 Å². The van der Waals surface area contributed by atoms with Crippen molar-refractivity contribution in [3.8, 4) is 0 Å². The molecule has 0 aliphatic carbocycles. The molecule has 0 aromatic carbocycles. The minimum Gasteiger partial charge on any atom is -0.383 e. The highest BCUT2D eigenvalue weighted by molar-refractivity contribution is 5.82. The van der Waals surface area contributed by atoms with Gasteiger partial charge >= 0.3 is 0 Å². The maximum Gasteiger partial charge on any atom is 0.221 e. The van der Waals surface area contributed by atoms with Gasteiger partial charge < -0.3 is 16.9 Å². The standard InChI is InChI=1S/C5H7N5.C2H6/c6-1-3-2-9-5(8)10-4(3)7;1-2/h1-2,6H,(H4,7,8,9,10);1-2H3. The van der Waals surface area contributed by atoms with Crippen molar-refractivity contribution in [3.63, 3.8) is 0 Å². The molecule has 12 heavy (non-hydrogen) atoms. The van der Waals surface area contributed by atoms with Gasteiger partial charge in [-0.2, -0.15) is 4.98 Å². The molecule has 0 saturated carbocycles. The molecule has 0 spiro atoms. The first-order valence-corrected chi connectivity index (χ1v) is 3.62. The molecule has 0 fully saturated rings. The summed E-state index contributed by atoms with van der Waals surface area (Å²) >= 11 is 0. The van der Waals surface area contributed by atoms with E-state index in [1.807, 2.05) is 13.8 Å². The van der Waals surface area contributed by atoms with E-state index < -0.39 is 0 Å². The van der Waals surface area contributed by atoms with Crippen molar-refractivity contribution < 1.29 is 0 Å². The largest absolute Gasteiger partial charge is 0.383 e. The molecule has 1 rings (SSSR count). The van der Waals surface area contributed by atoms with Crippen LogP contribution in [0, 0.1) is 5.41 Å². The second kappa shape index (κ2) is 5.06. The van der Waals surface area contributed by atoms with Crippen molar-refractivity contribution in [1.82, 2.24) is 9.97 Å². The fourth-order valence-electron chi connectivity index (χ4n) is 0.530. The lowest BCUT2D eigenvalue weighted by atomic mass is 10.3. The smallest absolute Gasteiger partial charge is 0.221 e. The van der Waals surface area contributed by atoms with Crippen LogP contribution in [0.5, 0.6) is 0 Å². The average molecular weight is 167 g/mol. The number of anilines is 2. The highest BCUT2D eigenvalue weighted by atomic mass is 15.0. The molecule has 1 aromatic heterocycles. The summed E-state index contributed by atoms with van der Waals surface area (Å²) in [7, 11) is 0. The number of rotatable bonds is 1. The van der Waals surface area contributed by atoms with Gasteiger partial charge in [0.2, 0.25) is 5.95 Å². The monoisotopic (exact) mass is 167 g/mol. The van der Waals surface area contributed by atoms with E-state index in [1.54, 1.807) is 0 Å². The second-order valence-electron chi connectivity index (χ2n) is 1.71. The van der Waals surface area contributed by atoms with E-state index in [0.29, 0.717) is 5.56 Å². The summed E-state index contributed by atoms with van der Waals surface area (Å²) in [5.41, 5.74) is 11.0. The summed E-state index contributed by atoms with van der Waals surface area (Å²) in [5.74, 6) is 0.366. The molecule has 0 saturated heterocycles. The SMILES string of the molecule is CC.N=Cc1cnc(N)nc1N. The lowest BCUT2D eigenvalue weighted by Crippen LogP contribution is -2.02. The van der Waals surface area contributed by atoms with Gasteiger partial charge in [0, 0.05) is 12.4 Å². The molecule has 0 atom stereocenters. The third-order valence-electron chi connectivity index (χ3n) is 1.02. The van der Waals surface area contributed by atoms with E-state index in [9.17, 15) is 0 Å². The summed E-state index contributed by atoms with van der Waals surface area (Å²) in [5, 5.41) is 6.83. The van der Waals surface area contributed by atoms with Gasteiger partial charge in [-0.1, -0.05) is 13.8 Å². The van der Waals surface area contributed by atoms with Gasteiger partial charge in [-0.25, -0.2) is 4.98 Å². The lowest BCUT2D eigenvalue weighted by Gasteiger charge is -1.96. The van der Waals surface area contributed by atoms with Crippen molar-refractivity contribution in [2.45, 2.75) is 13.8 Å². The number of hydrogen-bond donors (Lipinski definition) is 3. The van der Waals surface area contributed by atoms with Gasteiger partial charge in [-0.3, -0.25) is 0 Å². The highest BCUT2D eigenvalue weighted by Crippen LogP contribution is 2.03. The molecule has 5 nitrogen and oxygen atoms in total. The first-order chi connectivity index (χ1) is 5.74. The third-order valence-corrected chi connectivity index (χ3v) is 1.02. The van der Waals surface area contributed by atoms with Crippen LogP contribution in [0.15, 0.2) is 6.20 Å². The Morgan fingerprint density at radius 3 is 2.42 bits per heavy atom. The molecule has 0 aliphatic rings. The van der Waals surface area contributed by atoms with Gasteiger partial charge in [0.1, 0.15) is 5.82 Å². The van der Waals surface area contributed by atoms with E-state index in [-0.39, 0.29) is 11.8 Å². The summed E-state index contributed by atoms with van der Waals surface area (Å²) < 4.78 is 0. The Labute approximate surface area is 71.3 Å². The maximum absolute atomic E-state index is 6.83. The molecule has 5 heteroatoms.